The van der Waals surface area contributed by atoms with Crippen LogP contribution in [0, 0.1) is 5.82 Å². The molecule has 1 N–H and O–H groups in total. The van der Waals surface area contributed by atoms with Gasteiger partial charge in [0, 0.05) is 51.6 Å². The van der Waals surface area contributed by atoms with Crippen LogP contribution in [0.1, 0.15) is 5.56 Å². The molecule has 21 heavy (non-hydrogen) atoms. The molecule has 1 aliphatic rings. The van der Waals surface area contributed by atoms with E-state index >= 15 is 0 Å². The first-order valence-electron chi connectivity index (χ1n) is 7.09. The maximum atomic E-state index is 14.1. The summed E-state index contributed by atoms with van der Waals surface area (Å²) in [4.78, 5) is 15.5. The zero-order valence-corrected chi connectivity index (χ0v) is 12.6. The Morgan fingerprint density at radius 3 is 2.90 bits per heavy atom. The van der Waals surface area contributed by atoms with Crippen LogP contribution >= 0.6 is 0 Å². The van der Waals surface area contributed by atoms with E-state index < -0.39 is 0 Å². The molecular weight excluding hydrogens is 273 g/mol. The highest BCUT2D eigenvalue weighted by Gasteiger charge is 2.23. The summed E-state index contributed by atoms with van der Waals surface area (Å²) in [5, 5.41) is 3.16. The minimum absolute atomic E-state index is 0.0591. The fourth-order valence-corrected chi connectivity index (χ4v) is 2.37. The maximum absolute atomic E-state index is 14.1. The number of anilines is 1. The summed E-state index contributed by atoms with van der Waals surface area (Å²) in [5.74, 6) is -0.187. The molecule has 6 heteroatoms. The van der Waals surface area contributed by atoms with Crippen molar-refractivity contribution in [3.05, 3.63) is 29.6 Å². The van der Waals surface area contributed by atoms with Gasteiger partial charge in [0.25, 0.3) is 0 Å². The lowest BCUT2D eigenvalue weighted by atomic mass is 10.1. The summed E-state index contributed by atoms with van der Waals surface area (Å²) >= 11 is 0. The smallest absolute Gasteiger partial charge is 0.241 e. The van der Waals surface area contributed by atoms with E-state index in [-0.39, 0.29) is 11.7 Å². The molecule has 0 aromatic heterocycles. The molecule has 0 saturated carbocycles. The number of benzene rings is 1. The van der Waals surface area contributed by atoms with Gasteiger partial charge in [0.15, 0.2) is 0 Å². The van der Waals surface area contributed by atoms with Crippen molar-refractivity contribution < 1.29 is 13.9 Å². The molecule has 2 rings (SSSR count). The van der Waals surface area contributed by atoms with Crippen molar-refractivity contribution in [2.75, 3.05) is 51.8 Å². The van der Waals surface area contributed by atoms with Gasteiger partial charge in [-0.1, -0.05) is 6.07 Å². The van der Waals surface area contributed by atoms with Gasteiger partial charge in [-0.05, 0) is 12.1 Å². The topological polar surface area (TPSA) is 44.8 Å². The predicted octanol–water partition coefficient (Wildman–Crippen LogP) is 0.840. The lowest BCUT2D eigenvalue weighted by Gasteiger charge is -2.34. The average Bonchev–Trinajstić information content (AvgIpc) is 2.48. The highest BCUT2D eigenvalue weighted by atomic mass is 19.1. The third-order valence-corrected chi connectivity index (χ3v) is 3.68. The van der Waals surface area contributed by atoms with Crippen molar-refractivity contribution in [2.24, 2.45) is 0 Å². The third-order valence-electron chi connectivity index (χ3n) is 3.68. The second-order valence-corrected chi connectivity index (χ2v) is 5.14. The lowest BCUT2D eigenvalue weighted by molar-refractivity contribution is -0.129. The van der Waals surface area contributed by atoms with Crippen molar-refractivity contribution in [3.8, 4) is 0 Å². The molecule has 0 bridgehead atoms. The van der Waals surface area contributed by atoms with Gasteiger partial charge < -0.3 is 19.9 Å². The quantitative estimate of drug-likeness (QED) is 0.790. The predicted molar refractivity (Wildman–Crippen MR) is 79.8 cm³/mol. The monoisotopic (exact) mass is 295 g/mol. The molecule has 116 valence electrons. The molecular formula is C15H22FN3O2. The Balaban J connectivity index is 2.11. The van der Waals surface area contributed by atoms with Crippen molar-refractivity contribution >= 4 is 11.6 Å². The van der Waals surface area contributed by atoms with Crippen molar-refractivity contribution in [1.29, 1.82) is 0 Å². The van der Waals surface area contributed by atoms with Gasteiger partial charge in [-0.25, -0.2) is 4.39 Å². The highest BCUT2D eigenvalue weighted by molar-refractivity contribution is 5.83. The second kappa shape index (κ2) is 7.38. The van der Waals surface area contributed by atoms with E-state index in [4.69, 9.17) is 4.74 Å². The van der Waals surface area contributed by atoms with Crippen LogP contribution in [0.15, 0.2) is 18.2 Å². The molecule has 0 spiro atoms. The van der Waals surface area contributed by atoms with Gasteiger partial charge in [-0.2, -0.15) is 0 Å². The molecule has 0 radical (unpaired) electrons. The maximum Gasteiger partial charge on any atom is 0.241 e. The fourth-order valence-electron chi connectivity index (χ4n) is 2.37. The Morgan fingerprint density at radius 2 is 2.19 bits per heavy atom. The summed E-state index contributed by atoms with van der Waals surface area (Å²) in [6.45, 7) is 3.34. The number of amides is 1. The van der Waals surface area contributed by atoms with Gasteiger partial charge in [0.1, 0.15) is 5.82 Å². The van der Waals surface area contributed by atoms with E-state index in [1.807, 2.05) is 11.0 Å². The summed E-state index contributed by atoms with van der Waals surface area (Å²) in [5.41, 5.74) is 1.40. The molecule has 0 unspecified atom stereocenters. The first-order valence-corrected chi connectivity index (χ1v) is 7.09. The van der Waals surface area contributed by atoms with E-state index in [0.717, 1.165) is 12.2 Å². The zero-order chi connectivity index (χ0) is 15.2. The van der Waals surface area contributed by atoms with E-state index in [1.165, 1.54) is 6.07 Å². The van der Waals surface area contributed by atoms with E-state index in [1.54, 1.807) is 25.1 Å². The van der Waals surface area contributed by atoms with Crippen LogP contribution in [0.4, 0.5) is 10.1 Å². The van der Waals surface area contributed by atoms with Gasteiger partial charge >= 0.3 is 0 Å². The lowest BCUT2D eigenvalue weighted by Crippen LogP contribution is -2.49. The molecule has 5 nitrogen and oxygen atoms in total. The van der Waals surface area contributed by atoms with Crippen LogP contribution in [0.3, 0.4) is 0 Å². The molecule has 1 amide bonds. The van der Waals surface area contributed by atoms with Crippen molar-refractivity contribution in [1.82, 2.24) is 10.2 Å². The van der Waals surface area contributed by atoms with Crippen LogP contribution in [0.5, 0.6) is 0 Å². The number of likely N-dealkylation sites (N-methyl/N-ethyl adjacent to an activating group) is 1. The number of nitrogens with one attached hydrogen (secondary N) is 1. The van der Waals surface area contributed by atoms with Crippen LogP contribution in [-0.2, 0) is 16.1 Å². The van der Waals surface area contributed by atoms with Crippen molar-refractivity contribution in [3.63, 3.8) is 0 Å². The van der Waals surface area contributed by atoms with Crippen LogP contribution in [0.25, 0.3) is 0 Å². The Bertz CT molecular complexity index is 496. The molecule has 1 heterocycles. The van der Waals surface area contributed by atoms with Crippen molar-refractivity contribution in [2.45, 2.75) is 6.54 Å². The Kier molecular flexibility index (Phi) is 5.52. The minimum atomic E-state index is -0.246. The summed E-state index contributed by atoms with van der Waals surface area (Å²) < 4.78 is 19.1. The standard InChI is InChI=1S/C15H22FN3O2/c1-18-7-8-19(11-15(18)20)14-5-3-4-13(16)12(14)10-17-6-9-21-2/h3-5,17H,6-11H2,1-2H3. The molecule has 0 atom stereocenters. The molecule has 1 aromatic carbocycles. The number of nitrogens with zero attached hydrogens (tertiary/aromatic N) is 2. The molecule has 1 saturated heterocycles. The Morgan fingerprint density at radius 1 is 1.38 bits per heavy atom. The van der Waals surface area contributed by atoms with Crippen LogP contribution in [-0.4, -0.2) is 57.8 Å². The molecule has 1 aromatic rings. The van der Waals surface area contributed by atoms with E-state index in [9.17, 15) is 9.18 Å². The number of rotatable bonds is 6. The zero-order valence-electron chi connectivity index (χ0n) is 12.6. The molecule has 1 aliphatic heterocycles. The number of carbonyl (C=O) groups excluding carboxylic acids is 1. The first kappa shape index (κ1) is 15.7. The number of methoxy groups -OCH3 is 1. The normalized spacial score (nSPS) is 15.7. The number of carbonyl (C=O) groups is 1. The van der Waals surface area contributed by atoms with Gasteiger partial charge in [0.2, 0.25) is 5.91 Å². The first-order chi connectivity index (χ1) is 10.1. The minimum Gasteiger partial charge on any atom is -0.383 e. The van der Waals surface area contributed by atoms with Gasteiger partial charge in [-0.3, -0.25) is 4.79 Å². The molecule has 0 aliphatic carbocycles. The third kappa shape index (κ3) is 3.92. The summed E-state index contributed by atoms with van der Waals surface area (Å²) in [7, 11) is 3.42. The van der Waals surface area contributed by atoms with Gasteiger partial charge in [0.05, 0.1) is 13.2 Å². The fraction of sp³-hybridized carbons (Fsp3) is 0.533. The second-order valence-electron chi connectivity index (χ2n) is 5.14. The van der Waals surface area contributed by atoms with Crippen LogP contribution < -0.4 is 10.2 Å². The Labute approximate surface area is 124 Å². The number of piperazine rings is 1. The highest BCUT2D eigenvalue weighted by Crippen LogP contribution is 2.24. The summed E-state index contributed by atoms with van der Waals surface area (Å²) in [6.07, 6.45) is 0. The van der Waals surface area contributed by atoms with Crippen LogP contribution in [0.2, 0.25) is 0 Å². The van der Waals surface area contributed by atoms with E-state index in [0.29, 0.717) is 38.3 Å². The number of ether oxygens (including phenoxy) is 1. The average molecular weight is 295 g/mol. The number of hydrogen-bond donors (Lipinski definition) is 1. The Hall–Kier alpha value is -1.66. The van der Waals surface area contributed by atoms with Gasteiger partial charge in [-0.15, -0.1) is 0 Å². The van der Waals surface area contributed by atoms with E-state index in [2.05, 4.69) is 5.32 Å². The largest absolute Gasteiger partial charge is 0.383 e. The number of hydrogen-bond acceptors (Lipinski definition) is 4. The number of halogens is 1. The summed E-state index contributed by atoms with van der Waals surface area (Å²) in [6, 6.07) is 5.01. The molecule has 1 fully saturated rings. The SMILES string of the molecule is COCCNCc1c(F)cccc1N1CCN(C)C(=O)C1.